The largest absolute Gasteiger partial charge is 0.463 e. The molecule has 6 heteroatoms. The molecular weight excluding hydrogens is 318 g/mol. The second-order valence-electron chi connectivity index (χ2n) is 6.31. The lowest BCUT2D eigenvalue weighted by Crippen LogP contribution is -2.42. The van der Waals surface area contributed by atoms with Crippen LogP contribution in [-0.4, -0.2) is 16.8 Å². The fraction of sp³-hybridized carbons (Fsp3) is 0.211. The van der Waals surface area contributed by atoms with Crippen molar-refractivity contribution >= 4 is 22.7 Å². The molecule has 25 heavy (non-hydrogen) atoms. The third-order valence-corrected chi connectivity index (χ3v) is 4.48. The minimum absolute atomic E-state index is 0.00633. The van der Waals surface area contributed by atoms with Crippen LogP contribution in [0, 0.1) is 11.8 Å². The van der Waals surface area contributed by atoms with Crippen LogP contribution in [0.1, 0.15) is 23.7 Å². The van der Waals surface area contributed by atoms with Gasteiger partial charge in [0.1, 0.15) is 5.69 Å². The van der Waals surface area contributed by atoms with Gasteiger partial charge in [-0.25, -0.2) is 4.98 Å². The highest BCUT2D eigenvalue weighted by Crippen LogP contribution is 2.37. The van der Waals surface area contributed by atoms with Gasteiger partial charge in [-0.1, -0.05) is 25.1 Å². The van der Waals surface area contributed by atoms with Crippen molar-refractivity contribution in [3.63, 3.8) is 0 Å². The van der Waals surface area contributed by atoms with Gasteiger partial charge in [0.15, 0.2) is 5.76 Å². The Morgan fingerprint density at radius 3 is 2.68 bits per heavy atom. The maximum Gasteiger partial charge on any atom is 0.270 e. The second kappa shape index (κ2) is 6.05. The summed E-state index contributed by atoms with van der Waals surface area (Å²) in [6, 6.07) is 12.6. The normalized spacial score (nSPS) is 18.8. The highest BCUT2D eigenvalue weighted by Gasteiger charge is 2.39. The molecule has 0 spiro atoms. The maximum atomic E-state index is 12.6. The maximum absolute atomic E-state index is 12.6. The van der Waals surface area contributed by atoms with Crippen molar-refractivity contribution in [3.05, 3.63) is 54.3 Å². The Balaban J connectivity index is 1.65. The van der Waals surface area contributed by atoms with E-state index in [0.29, 0.717) is 33.8 Å². The first-order valence-electron chi connectivity index (χ1n) is 8.17. The SMILES string of the molecule is CC1CC1C(=O)NNC(=O)c1cc(-c2ccco2)nc2ccccc12. The molecule has 126 valence electrons. The molecule has 2 atom stereocenters. The summed E-state index contributed by atoms with van der Waals surface area (Å²) in [6.07, 6.45) is 2.42. The smallest absolute Gasteiger partial charge is 0.270 e. The lowest BCUT2D eigenvalue weighted by atomic mass is 10.1. The summed E-state index contributed by atoms with van der Waals surface area (Å²) in [4.78, 5) is 29.1. The number of carbonyl (C=O) groups excluding carboxylic acids is 2. The number of fused-ring (bicyclic) bond motifs is 1. The lowest BCUT2D eigenvalue weighted by Gasteiger charge is -2.10. The van der Waals surface area contributed by atoms with Crippen LogP contribution in [-0.2, 0) is 4.79 Å². The van der Waals surface area contributed by atoms with E-state index in [1.807, 2.05) is 31.2 Å². The number of benzene rings is 1. The van der Waals surface area contributed by atoms with Crippen LogP contribution < -0.4 is 10.9 Å². The first-order chi connectivity index (χ1) is 12.1. The highest BCUT2D eigenvalue weighted by molar-refractivity contribution is 6.07. The Morgan fingerprint density at radius 1 is 1.16 bits per heavy atom. The third kappa shape index (κ3) is 2.98. The molecule has 2 unspecified atom stereocenters. The van der Waals surface area contributed by atoms with Gasteiger partial charge in [0.25, 0.3) is 5.91 Å². The predicted octanol–water partition coefficient (Wildman–Crippen LogP) is 2.91. The van der Waals surface area contributed by atoms with Gasteiger partial charge in [0, 0.05) is 11.3 Å². The van der Waals surface area contributed by atoms with E-state index < -0.39 is 0 Å². The number of amides is 2. The Bertz CT molecular complexity index is 950. The van der Waals surface area contributed by atoms with Crippen molar-refractivity contribution in [2.24, 2.45) is 11.8 Å². The average Bonchev–Trinajstić information content (AvgIpc) is 3.12. The van der Waals surface area contributed by atoms with Crippen LogP contribution in [0.2, 0.25) is 0 Å². The Labute approximate surface area is 144 Å². The van der Waals surface area contributed by atoms with Gasteiger partial charge >= 0.3 is 0 Å². The number of nitrogens with one attached hydrogen (secondary N) is 2. The van der Waals surface area contributed by atoms with Crippen LogP contribution in [0.4, 0.5) is 0 Å². The summed E-state index contributed by atoms with van der Waals surface area (Å²) >= 11 is 0. The molecule has 2 N–H and O–H groups in total. The number of nitrogens with zero attached hydrogens (tertiary/aromatic N) is 1. The molecule has 3 aromatic rings. The molecule has 0 bridgehead atoms. The lowest BCUT2D eigenvalue weighted by molar-refractivity contribution is -0.123. The van der Waals surface area contributed by atoms with E-state index in [-0.39, 0.29) is 17.7 Å². The Morgan fingerprint density at radius 2 is 1.96 bits per heavy atom. The molecule has 0 saturated heterocycles. The zero-order valence-corrected chi connectivity index (χ0v) is 13.7. The van der Waals surface area contributed by atoms with Crippen molar-refractivity contribution in [1.29, 1.82) is 0 Å². The van der Waals surface area contributed by atoms with E-state index in [2.05, 4.69) is 15.8 Å². The van der Waals surface area contributed by atoms with E-state index in [0.717, 1.165) is 6.42 Å². The van der Waals surface area contributed by atoms with Gasteiger partial charge in [0.05, 0.1) is 17.3 Å². The minimum Gasteiger partial charge on any atom is -0.463 e. The average molecular weight is 335 g/mol. The van der Waals surface area contributed by atoms with Gasteiger partial charge in [-0.15, -0.1) is 0 Å². The zero-order valence-electron chi connectivity index (χ0n) is 13.7. The molecule has 0 aliphatic heterocycles. The van der Waals surface area contributed by atoms with Crippen molar-refractivity contribution in [2.75, 3.05) is 0 Å². The van der Waals surface area contributed by atoms with Gasteiger partial charge < -0.3 is 4.42 Å². The number of hydrogen-bond donors (Lipinski definition) is 2. The molecule has 2 aromatic heterocycles. The van der Waals surface area contributed by atoms with E-state index in [4.69, 9.17) is 4.42 Å². The fourth-order valence-electron chi connectivity index (χ4n) is 2.88. The second-order valence-corrected chi connectivity index (χ2v) is 6.31. The zero-order chi connectivity index (χ0) is 17.4. The van der Waals surface area contributed by atoms with Crippen LogP contribution in [0.3, 0.4) is 0 Å². The molecule has 4 rings (SSSR count). The van der Waals surface area contributed by atoms with Crippen molar-refractivity contribution in [3.8, 4) is 11.5 Å². The van der Waals surface area contributed by atoms with E-state index >= 15 is 0 Å². The molecule has 1 fully saturated rings. The van der Waals surface area contributed by atoms with Gasteiger partial charge in [-0.05, 0) is 36.6 Å². The van der Waals surface area contributed by atoms with Crippen molar-refractivity contribution < 1.29 is 14.0 Å². The molecular formula is C19H17N3O3. The quantitative estimate of drug-likeness (QED) is 0.721. The first kappa shape index (κ1) is 15.4. The molecule has 1 aliphatic carbocycles. The predicted molar refractivity (Wildman–Crippen MR) is 92.3 cm³/mol. The number of hydrazine groups is 1. The molecule has 0 radical (unpaired) electrons. The minimum atomic E-state index is -0.381. The fourth-order valence-corrected chi connectivity index (χ4v) is 2.88. The van der Waals surface area contributed by atoms with Gasteiger partial charge in [-0.3, -0.25) is 20.4 Å². The molecule has 1 saturated carbocycles. The number of pyridine rings is 1. The van der Waals surface area contributed by atoms with E-state index in [1.165, 1.54) is 0 Å². The van der Waals surface area contributed by atoms with Crippen LogP contribution in [0.25, 0.3) is 22.4 Å². The van der Waals surface area contributed by atoms with Crippen molar-refractivity contribution in [2.45, 2.75) is 13.3 Å². The third-order valence-electron chi connectivity index (χ3n) is 4.48. The standard InChI is InChI=1S/C19H17N3O3/c1-11-9-13(11)18(23)21-22-19(24)14-10-16(17-7-4-8-25-17)20-15-6-3-2-5-12(14)15/h2-8,10-11,13H,9H2,1H3,(H,21,23)(H,22,24). The number of rotatable bonds is 3. The summed E-state index contributed by atoms with van der Waals surface area (Å²) in [5, 5.41) is 0.712. The molecule has 2 heterocycles. The van der Waals surface area contributed by atoms with Crippen LogP contribution in [0.15, 0.2) is 53.1 Å². The van der Waals surface area contributed by atoms with Crippen molar-refractivity contribution in [1.82, 2.24) is 15.8 Å². The van der Waals surface area contributed by atoms with E-state index in [9.17, 15) is 9.59 Å². The molecule has 1 aromatic carbocycles. The van der Waals surface area contributed by atoms with Gasteiger partial charge in [0.2, 0.25) is 5.91 Å². The Hall–Kier alpha value is -3.15. The highest BCUT2D eigenvalue weighted by atomic mass is 16.3. The van der Waals surface area contributed by atoms with E-state index in [1.54, 1.807) is 24.5 Å². The molecule has 6 nitrogen and oxygen atoms in total. The summed E-state index contributed by atoms with van der Waals surface area (Å²) in [6.45, 7) is 2.01. The summed E-state index contributed by atoms with van der Waals surface area (Å²) in [5.41, 5.74) is 6.70. The van der Waals surface area contributed by atoms with Gasteiger partial charge in [-0.2, -0.15) is 0 Å². The number of furan rings is 1. The number of carbonyl (C=O) groups is 2. The number of aromatic nitrogens is 1. The monoisotopic (exact) mass is 335 g/mol. The summed E-state index contributed by atoms with van der Waals surface area (Å²) < 4.78 is 5.39. The summed E-state index contributed by atoms with van der Waals surface area (Å²) in [7, 11) is 0. The molecule has 2 amide bonds. The topological polar surface area (TPSA) is 84.2 Å². The van der Waals surface area contributed by atoms with Crippen LogP contribution in [0.5, 0.6) is 0 Å². The first-order valence-corrected chi connectivity index (χ1v) is 8.17. The number of para-hydroxylation sites is 1. The van der Waals surface area contributed by atoms with Crippen LogP contribution >= 0.6 is 0 Å². The molecule has 1 aliphatic rings. The Kier molecular flexibility index (Phi) is 3.72. The number of hydrogen-bond acceptors (Lipinski definition) is 4. The summed E-state index contributed by atoms with van der Waals surface area (Å²) in [5.74, 6) is 0.423.